The summed E-state index contributed by atoms with van der Waals surface area (Å²) in [6.45, 7) is 0.104. The van der Waals surface area contributed by atoms with Gasteiger partial charge in [-0.1, -0.05) is 36.4 Å². The van der Waals surface area contributed by atoms with Crippen LogP contribution in [0.25, 0.3) is 22.2 Å². The van der Waals surface area contributed by atoms with Gasteiger partial charge in [0.15, 0.2) is 0 Å². The van der Waals surface area contributed by atoms with E-state index in [2.05, 4.69) is 5.10 Å². The first-order chi connectivity index (χ1) is 15.0. The van der Waals surface area contributed by atoms with Crippen molar-refractivity contribution in [1.82, 2.24) is 14.3 Å². The molecule has 0 fully saturated rings. The fourth-order valence-electron chi connectivity index (χ4n) is 3.79. The molecule has 0 saturated heterocycles. The zero-order valence-electron chi connectivity index (χ0n) is 16.2. The zero-order chi connectivity index (χ0) is 21.5. The molecule has 0 bridgehead atoms. The lowest BCUT2D eigenvalue weighted by Crippen LogP contribution is -2.18. The van der Waals surface area contributed by atoms with E-state index in [0.717, 1.165) is 0 Å². The number of hydrogen-bond donors (Lipinski definition) is 0. The Morgan fingerprint density at radius 1 is 0.806 bits per heavy atom. The number of fused-ring (bicyclic) bond motifs is 3. The summed E-state index contributed by atoms with van der Waals surface area (Å²) in [5.74, 6) is -1.29. The monoisotopic (exact) mass is 419 g/mol. The van der Waals surface area contributed by atoms with E-state index in [0.29, 0.717) is 27.7 Å². The van der Waals surface area contributed by atoms with E-state index in [1.807, 2.05) is 0 Å². The van der Waals surface area contributed by atoms with Crippen LogP contribution in [0.4, 0.5) is 13.2 Å². The second-order valence-corrected chi connectivity index (χ2v) is 7.33. The molecule has 0 aliphatic carbocycles. The van der Waals surface area contributed by atoms with Crippen molar-refractivity contribution in [3.05, 3.63) is 112 Å². The van der Waals surface area contributed by atoms with E-state index >= 15 is 0 Å². The molecule has 0 atom stereocenters. The third-order valence-corrected chi connectivity index (χ3v) is 5.33. The number of nitrogens with zero attached hydrogens (tertiary/aromatic N) is 3. The predicted molar refractivity (Wildman–Crippen MR) is 112 cm³/mol. The normalized spacial score (nSPS) is 11.5. The van der Waals surface area contributed by atoms with Gasteiger partial charge in [0.1, 0.15) is 23.1 Å². The van der Waals surface area contributed by atoms with Gasteiger partial charge in [0.2, 0.25) is 0 Å². The summed E-state index contributed by atoms with van der Waals surface area (Å²) in [6, 6.07) is 16.7. The molecule has 31 heavy (non-hydrogen) atoms. The lowest BCUT2D eigenvalue weighted by Gasteiger charge is -2.14. The molecule has 0 spiro atoms. The van der Waals surface area contributed by atoms with Gasteiger partial charge >= 0.3 is 0 Å². The van der Waals surface area contributed by atoms with Crippen molar-refractivity contribution in [3.63, 3.8) is 0 Å². The van der Waals surface area contributed by atoms with E-state index in [-0.39, 0.29) is 24.5 Å². The third-order valence-electron chi connectivity index (χ3n) is 5.33. The number of aromatic nitrogens is 3. The summed E-state index contributed by atoms with van der Waals surface area (Å²) in [6.07, 6.45) is 1.59. The molecule has 7 heteroatoms. The average molecular weight is 419 g/mol. The van der Waals surface area contributed by atoms with Gasteiger partial charge in [-0.25, -0.2) is 17.9 Å². The maximum atomic E-state index is 14.2. The topological polar surface area (TPSA) is 39.8 Å². The van der Waals surface area contributed by atoms with Gasteiger partial charge in [0, 0.05) is 22.7 Å². The number of benzene rings is 3. The number of rotatable bonds is 4. The van der Waals surface area contributed by atoms with Gasteiger partial charge in [-0.05, 0) is 30.3 Å². The largest absolute Gasteiger partial charge is 0.342 e. The minimum atomic E-state index is -0.478. The Bertz CT molecular complexity index is 1450. The smallest absolute Gasteiger partial charge is 0.278 e. The van der Waals surface area contributed by atoms with Crippen molar-refractivity contribution in [1.29, 1.82) is 0 Å². The molecule has 2 heterocycles. The maximum absolute atomic E-state index is 14.2. The maximum Gasteiger partial charge on any atom is 0.278 e. The Labute approximate surface area is 175 Å². The molecule has 0 amide bonds. The molecule has 3 aromatic rings. The number of halogens is 3. The first kappa shape index (κ1) is 19.1. The molecule has 0 saturated carbocycles. The van der Waals surface area contributed by atoms with E-state index in [9.17, 15) is 18.0 Å². The van der Waals surface area contributed by atoms with Gasteiger partial charge in [-0.2, -0.15) is 5.10 Å². The molecule has 0 unspecified atom stereocenters. The van der Waals surface area contributed by atoms with Crippen LogP contribution in [0.3, 0.4) is 0 Å². The standard InChI is InChI=1S/C24H16F3N3O/c25-17-9-10-22-18(11-17)23-19(14-29(22)12-15-5-1-3-7-20(15)26)24(31)30(28-23)13-16-6-2-4-8-21(16)27/h1-11,14H,12-13H2. The van der Waals surface area contributed by atoms with Crippen molar-refractivity contribution >= 4 is 10.9 Å². The SMILES string of the molecule is O=c1c2cn(Cc3ccccc3F)c3ccc(F)cc3c-2nn1Cc1ccccc1F. The van der Waals surface area contributed by atoms with Crippen molar-refractivity contribution in [2.24, 2.45) is 0 Å². The first-order valence-electron chi connectivity index (χ1n) is 9.67. The van der Waals surface area contributed by atoms with Gasteiger partial charge in [-0.15, -0.1) is 0 Å². The highest BCUT2D eigenvalue weighted by atomic mass is 19.1. The minimum absolute atomic E-state index is 0.0513. The molecule has 2 aliphatic rings. The Morgan fingerprint density at radius 3 is 2.13 bits per heavy atom. The molecule has 5 rings (SSSR count). The van der Waals surface area contributed by atoms with Crippen LogP contribution in [0.2, 0.25) is 0 Å². The second-order valence-electron chi connectivity index (χ2n) is 7.33. The second kappa shape index (κ2) is 7.43. The molecule has 0 aromatic heterocycles. The van der Waals surface area contributed by atoms with Crippen LogP contribution in [0.5, 0.6) is 0 Å². The summed E-state index contributed by atoms with van der Waals surface area (Å²) in [5.41, 5.74) is 1.51. The molecule has 0 radical (unpaired) electrons. The van der Waals surface area contributed by atoms with E-state index in [1.165, 1.54) is 28.9 Å². The molecule has 4 nitrogen and oxygen atoms in total. The van der Waals surface area contributed by atoms with Gasteiger partial charge in [-0.3, -0.25) is 4.79 Å². The molecular weight excluding hydrogens is 403 g/mol. The van der Waals surface area contributed by atoms with Crippen LogP contribution < -0.4 is 5.56 Å². The predicted octanol–water partition coefficient (Wildman–Crippen LogP) is 4.82. The summed E-state index contributed by atoms with van der Waals surface area (Å²) in [5, 5.41) is 4.80. The van der Waals surface area contributed by atoms with Crippen LogP contribution >= 0.6 is 0 Å². The van der Waals surface area contributed by atoms with Crippen LogP contribution in [0, 0.1) is 17.5 Å². The lowest BCUT2D eigenvalue weighted by atomic mass is 10.1. The van der Waals surface area contributed by atoms with Gasteiger partial charge in [0.25, 0.3) is 5.56 Å². The van der Waals surface area contributed by atoms with Crippen LogP contribution in [-0.2, 0) is 13.1 Å². The van der Waals surface area contributed by atoms with Crippen molar-refractivity contribution in [3.8, 4) is 11.3 Å². The van der Waals surface area contributed by atoms with Crippen LogP contribution in [0.1, 0.15) is 11.1 Å². The highest BCUT2D eigenvalue weighted by Crippen LogP contribution is 2.29. The first-order valence-corrected chi connectivity index (χ1v) is 9.67. The van der Waals surface area contributed by atoms with E-state index in [1.54, 1.807) is 53.2 Å². The zero-order valence-corrected chi connectivity index (χ0v) is 16.2. The van der Waals surface area contributed by atoms with Crippen LogP contribution in [-0.4, -0.2) is 14.3 Å². The molecule has 154 valence electrons. The quantitative estimate of drug-likeness (QED) is 0.419. The summed E-state index contributed by atoms with van der Waals surface area (Å²) in [4.78, 5) is 13.0. The van der Waals surface area contributed by atoms with Crippen molar-refractivity contribution in [2.45, 2.75) is 13.1 Å². The summed E-state index contributed by atoms with van der Waals surface area (Å²) in [7, 11) is 0. The Balaban J connectivity index is 1.71. The molecular formula is C24H16F3N3O. The van der Waals surface area contributed by atoms with Crippen LogP contribution in [0.15, 0.2) is 77.7 Å². The lowest BCUT2D eigenvalue weighted by molar-refractivity contribution is 0.581. The highest BCUT2D eigenvalue weighted by Gasteiger charge is 2.21. The van der Waals surface area contributed by atoms with Crippen molar-refractivity contribution in [2.75, 3.05) is 0 Å². The Kier molecular flexibility index (Phi) is 4.58. The van der Waals surface area contributed by atoms with E-state index in [4.69, 9.17) is 0 Å². The van der Waals surface area contributed by atoms with Gasteiger partial charge in [0.05, 0.1) is 24.2 Å². The Hall–Kier alpha value is -3.87. The van der Waals surface area contributed by atoms with Gasteiger partial charge < -0.3 is 4.57 Å². The average Bonchev–Trinajstić information content (AvgIpc) is 3.07. The highest BCUT2D eigenvalue weighted by molar-refractivity contribution is 5.93. The fourth-order valence-corrected chi connectivity index (χ4v) is 3.79. The number of hydrogen-bond acceptors (Lipinski definition) is 2. The Morgan fingerprint density at radius 2 is 1.45 bits per heavy atom. The molecule has 0 N–H and O–H groups in total. The summed E-state index contributed by atoms with van der Waals surface area (Å²) >= 11 is 0. The summed E-state index contributed by atoms with van der Waals surface area (Å²) < 4.78 is 45.2. The van der Waals surface area contributed by atoms with Crippen molar-refractivity contribution < 1.29 is 13.2 Å². The minimum Gasteiger partial charge on any atom is -0.342 e. The fraction of sp³-hybridized carbons (Fsp3) is 0.0833. The molecule has 3 aromatic carbocycles. The number of pyridine rings is 1. The third kappa shape index (κ3) is 3.38. The van der Waals surface area contributed by atoms with E-state index < -0.39 is 17.2 Å². The molecule has 2 aliphatic heterocycles.